The van der Waals surface area contributed by atoms with Gasteiger partial charge in [0.15, 0.2) is 0 Å². The van der Waals surface area contributed by atoms with Crippen LogP contribution in [0.4, 0.5) is 0 Å². The van der Waals surface area contributed by atoms with Gasteiger partial charge in [0.05, 0.1) is 18.3 Å². The van der Waals surface area contributed by atoms with Gasteiger partial charge in [-0.15, -0.1) is 5.10 Å². The maximum absolute atomic E-state index is 12.1. The Morgan fingerprint density at radius 1 is 1.45 bits per heavy atom. The van der Waals surface area contributed by atoms with Gasteiger partial charge in [-0.25, -0.2) is 4.68 Å². The number of carbonyl (C=O) groups is 2. The van der Waals surface area contributed by atoms with Gasteiger partial charge in [0.2, 0.25) is 0 Å². The smallest absolute Gasteiger partial charge is 0.325 e. The van der Waals surface area contributed by atoms with E-state index in [9.17, 15) is 9.59 Å². The minimum Gasteiger partial charge on any atom is -0.480 e. The Labute approximate surface area is 127 Å². The van der Waals surface area contributed by atoms with E-state index in [0.717, 1.165) is 5.76 Å². The second kappa shape index (κ2) is 6.42. The van der Waals surface area contributed by atoms with Crippen LogP contribution in [0, 0.1) is 6.92 Å². The molecule has 0 radical (unpaired) electrons. The third kappa shape index (κ3) is 3.72. The highest BCUT2D eigenvalue weighted by molar-refractivity contribution is 5.95. The molecule has 2 aromatic rings. The van der Waals surface area contributed by atoms with Gasteiger partial charge in [0, 0.05) is 5.92 Å². The first-order valence-corrected chi connectivity index (χ1v) is 6.86. The lowest BCUT2D eigenvalue weighted by atomic mass is 10.1. The summed E-state index contributed by atoms with van der Waals surface area (Å²) in [6.07, 6.45) is 1.48. The minimum atomic E-state index is -1.00. The minimum absolute atomic E-state index is 0.167. The molecule has 8 heteroatoms. The lowest BCUT2D eigenvalue weighted by Gasteiger charge is -2.00. The Kier molecular flexibility index (Phi) is 4.59. The fraction of sp³-hybridized carbons (Fsp3) is 0.429. The number of carbonyl (C=O) groups excluding carboxylic acids is 1. The molecule has 0 aromatic carbocycles. The van der Waals surface area contributed by atoms with Crippen LogP contribution >= 0.6 is 0 Å². The lowest BCUT2D eigenvalue weighted by Crippen LogP contribution is -2.23. The van der Waals surface area contributed by atoms with Crippen LogP contribution in [0.1, 0.15) is 47.3 Å². The summed E-state index contributed by atoms with van der Waals surface area (Å²) in [7, 11) is 0. The van der Waals surface area contributed by atoms with Crippen molar-refractivity contribution in [2.24, 2.45) is 0 Å². The quantitative estimate of drug-likeness (QED) is 0.832. The molecule has 0 spiro atoms. The fourth-order valence-corrected chi connectivity index (χ4v) is 1.92. The van der Waals surface area contributed by atoms with Gasteiger partial charge >= 0.3 is 5.97 Å². The molecular formula is C14H18N4O4. The number of hydrogen-bond acceptors (Lipinski definition) is 5. The van der Waals surface area contributed by atoms with Gasteiger partial charge in [0.25, 0.3) is 5.91 Å². The molecule has 2 heterocycles. The van der Waals surface area contributed by atoms with Crippen molar-refractivity contribution in [3.63, 3.8) is 0 Å². The number of rotatable bonds is 6. The first-order chi connectivity index (χ1) is 10.4. The van der Waals surface area contributed by atoms with Gasteiger partial charge in [-0.05, 0) is 13.0 Å². The molecule has 0 saturated heterocycles. The zero-order chi connectivity index (χ0) is 16.3. The predicted octanol–water partition coefficient (Wildman–Crippen LogP) is 1.32. The molecule has 22 heavy (non-hydrogen) atoms. The topological polar surface area (TPSA) is 110 Å². The summed E-state index contributed by atoms with van der Waals surface area (Å²) in [5.41, 5.74) is 0.974. The molecule has 2 N–H and O–H groups in total. The maximum atomic E-state index is 12.1. The molecule has 2 aromatic heterocycles. The second-order valence-electron chi connectivity index (χ2n) is 5.26. The Bertz CT molecular complexity index is 687. The highest BCUT2D eigenvalue weighted by atomic mass is 16.4. The molecule has 0 saturated carbocycles. The van der Waals surface area contributed by atoms with Crippen molar-refractivity contribution >= 4 is 11.9 Å². The molecule has 1 amide bonds. The Balaban J connectivity index is 1.98. The molecule has 0 unspecified atom stereocenters. The Hall–Kier alpha value is -2.64. The van der Waals surface area contributed by atoms with Crippen molar-refractivity contribution in [3.05, 3.63) is 35.0 Å². The molecule has 0 aliphatic heterocycles. The van der Waals surface area contributed by atoms with E-state index >= 15 is 0 Å². The van der Waals surface area contributed by atoms with Crippen LogP contribution in [0.25, 0.3) is 0 Å². The maximum Gasteiger partial charge on any atom is 0.325 e. The zero-order valence-electron chi connectivity index (χ0n) is 12.7. The summed E-state index contributed by atoms with van der Waals surface area (Å²) < 4.78 is 6.74. The number of amides is 1. The van der Waals surface area contributed by atoms with Crippen molar-refractivity contribution in [2.45, 2.75) is 39.8 Å². The molecule has 118 valence electrons. The average molecular weight is 306 g/mol. The van der Waals surface area contributed by atoms with E-state index in [2.05, 4.69) is 15.6 Å². The standard InChI is InChI=1S/C14H18N4O4/c1-8(2)12-4-11(9(3)22-12)14(21)15-5-10-6-18(17-16-10)7-13(19)20/h4,6,8H,5,7H2,1-3H3,(H,15,21)(H,19,20). The fourth-order valence-electron chi connectivity index (χ4n) is 1.92. The van der Waals surface area contributed by atoms with Gasteiger partial charge in [-0.1, -0.05) is 19.1 Å². The zero-order valence-corrected chi connectivity index (χ0v) is 12.7. The van der Waals surface area contributed by atoms with Gasteiger partial charge < -0.3 is 14.8 Å². The normalized spacial score (nSPS) is 10.9. The number of nitrogens with zero attached hydrogens (tertiary/aromatic N) is 3. The van der Waals surface area contributed by atoms with Gasteiger partial charge in [-0.2, -0.15) is 0 Å². The van der Waals surface area contributed by atoms with E-state index in [4.69, 9.17) is 9.52 Å². The van der Waals surface area contributed by atoms with Crippen molar-refractivity contribution in [2.75, 3.05) is 0 Å². The van der Waals surface area contributed by atoms with E-state index in [0.29, 0.717) is 17.0 Å². The van der Waals surface area contributed by atoms with E-state index in [1.165, 1.54) is 10.9 Å². The van der Waals surface area contributed by atoms with Crippen LogP contribution in [0.2, 0.25) is 0 Å². The molecule has 2 rings (SSSR count). The molecule has 0 bridgehead atoms. The summed E-state index contributed by atoms with van der Waals surface area (Å²) in [6.45, 7) is 5.62. The van der Waals surface area contributed by atoms with E-state index in [1.807, 2.05) is 13.8 Å². The summed E-state index contributed by atoms with van der Waals surface area (Å²) >= 11 is 0. The van der Waals surface area contributed by atoms with Crippen molar-refractivity contribution in [1.29, 1.82) is 0 Å². The van der Waals surface area contributed by atoms with Crippen molar-refractivity contribution < 1.29 is 19.1 Å². The van der Waals surface area contributed by atoms with Gasteiger partial charge in [-0.3, -0.25) is 9.59 Å². The number of carboxylic acid groups (broad SMARTS) is 1. The number of nitrogens with one attached hydrogen (secondary N) is 1. The lowest BCUT2D eigenvalue weighted by molar-refractivity contribution is -0.137. The summed E-state index contributed by atoms with van der Waals surface area (Å²) in [6, 6.07) is 1.73. The third-order valence-electron chi connectivity index (χ3n) is 3.06. The Morgan fingerprint density at radius 2 is 2.18 bits per heavy atom. The predicted molar refractivity (Wildman–Crippen MR) is 76.4 cm³/mol. The first kappa shape index (κ1) is 15.7. The number of aromatic nitrogens is 3. The highest BCUT2D eigenvalue weighted by Gasteiger charge is 2.16. The van der Waals surface area contributed by atoms with Crippen LogP contribution in [0.5, 0.6) is 0 Å². The number of hydrogen-bond donors (Lipinski definition) is 2. The van der Waals surface area contributed by atoms with Gasteiger partial charge in [0.1, 0.15) is 23.8 Å². The van der Waals surface area contributed by atoms with Crippen LogP contribution < -0.4 is 5.32 Å². The number of furan rings is 1. The van der Waals surface area contributed by atoms with E-state index in [1.54, 1.807) is 13.0 Å². The van der Waals surface area contributed by atoms with Crippen LogP contribution in [-0.4, -0.2) is 32.0 Å². The average Bonchev–Trinajstić information content (AvgIpc) is 3.02. The second-order valence-corrected chi connectivity index (χ2v) is 5.26. The Morgan fingerprint density at radius 3 is 2.77 bits per heavy atom. The molecule has 8 nitrogen and oxygen atoms in total. The molecule has 0 aliphatic carbocycles. The number of carboxylic acids is 1. The van der Waals surface area contributed by atoms with Crippen LogP contribution in [0.3, 0.4) is 0 Å². The molecule has 0 fully saturated rings. The van der Waals surface area contributed by atoms with E-state index < -0.39 is 5.97 Å². The monoisotopic (exact) mass is 306 g/mol. The molecule has 0 atom stereocenters. The first-order valence-electron chi connectivity index (χ1n) is 6.86. The van der Waals surface area contributed by atoms with Crippen molar-refractivity contribution in [3.8, 4) is 0 Å². The summed E-state index contributed by atoms with van der Waals surface area (Å²) in [5.74, 6) is 0.263. The van der Waals surface area contributed by atoms with Crippen molar-refractivity contribution in [1.82, 2.24) is 20.3 Å². The van der Waals surface area contributed by atoms with Crippen LogP contribution in [-0.2, 0) is 17.9 Å². The summed E-state index contributed by atoms with van der Waals surface area (Å²) in [5, 5.41) is 18.8. The van der Waals surface area contributed by atoms with E-state index in [-0.39, 0.29) is 24.9 Å². The largest absolute Gasteiger partial charge is 0.480 e. The summed E-state index contributed by atoms with van der Waals surface area (Å²) in [4.78, 5) is 22.7. The molecule has 0 aliphatic rings. The number of aryl methyl sites for hydroxylation is 1. The van der Waals surface area contributed by atoms with Crippen LogP contribution in [0.15, 0.2) is 16.7 Å². The third-order valence-corrected chi connectivity index (χ3v) is 3.06. The molecular weight excluding hydrogens is 288 g/mol. The number of aliphatic carboxylic acids is 1. The SMILES string of the molecule is Cc1oc(C(C)C)cc1C(=O)NCc1cn(CC(=O)O)nn1. The highest BCUT2D eigenvalue weighted by Crippen LogP contribution is 2.21.